The Bertz CT molecular complexity index is 805. The number of rotatable bonds is 9. The molecule has 0 amide bonds. The van der Waals surface area contributed by atoms with Crippen LogP contribution in [0.2, 0.25) is 10.0 Å². The van der Waals surface area contributed by atoms with Gasteiger partial charge in [-0.05, 0) is 61.6 Å². The molecule has 3 rings (SSSR count). The third-order valence-corrected chi connectivity index (χ3v) is 5.68. The predicted octanol–water partition coefficient (Wildman–Crippen LogP) is 5.87. The zero-order chi connectivity index (χ0) is 21.7. The molecule has 0 aliphatic carbocycles. The number of hydrogen-bond acceptors (Lipinski definition) is 4. The van der Waals surface area contributed by atoms with Gasteiger partial charge in [-0.2, -0.15) is 0 Å². The molecule has 164 valence electrons. The summed E-state index contributed by atoms with van der Waals surface area (Å²) in [5.41, 5.74) is 9.78. The standard InChI is InChI=1S/C24H31Cl2NO3/c1-4-5-10-28-23(22-15-29-24(2,3)30-22)21(27)11-16-6-8-17(9-7-16)18-12-19(25)14-20(26)13-18/h6-9,12-14,21-23H,4-5,10-11,15,27H2,1-3H3/t21-,22+,23-/m1/s1. The third kappa shape index (κ3) is 6.43. The van der Waals surface area contributed by atoms with Crippen LogP contribution in [0.1, 0.15) is 39.2 Å². The Morgan fingerprint density at radius 3 is 2.33 bits per heavy atom. The minimum Gasteiger partial charge on any atom is -0.374 e. The highest BCUT2D eigenvalue weighted by atomic mass is 35.5. The van der Waals surface area contributed by atoms with Crippen LogP contribution in [0.4, 0.5) is 0 Å². The molecule has 2 N–H and O–H groups in total. The minimum absolute atomic E-state index is 0.167. The largest absolute Gasteiger partial charge is 0.374 e. The SMILES string of the molecule is CCCCO[C@H]([C@H](N)Cc1ccc(-c2cc(Cl)cc(Cl)c2)cc1)[C@@H]1COC(C)(C)O1. The zero-order valence-electron chi connectivity index (χ0n) is 17.9. The molecule has 30 heavy (non-hydrogen) atoms. The maximum Gasteiger partial charge on any atom is 0.163 e. The monoisotopic (exact) mass is 451 g/mol. The van der Waals surface area contributed by atoms with E-state index in [1.54, 1.807) is 6.07 Å². The lowest BCUT2D eigenvalue weighted by Gasteiger charge is -2.29. The number of hydrogen-bond donors (Lipinski definition) is 1. The van der Waals surface area contributed by atoms with Crippen molar-refractivity contribution in [3.8, 4) is 11.1 Å². The molecule has 1 aliphatic rings. The summed E-state index contributed by atoms with van der Waals surface area (Å²) < 4.78 is 17.9. The molecule has 0 unspecified atom stereocenters. The van der Waals surface area contributed by atoms with Gasteiger partial charge < -0.3 is 19.9 Å². The van der Waals surface area contributed by atoms with Gasteiger partial charge in [-0.1, -0.05) is 60.8 Å². The quantitative estimate of drug-likeness (QED) is 0.484. The van der Waals surface area contributed by atoms with E-state index in [2.05, 4.69) is 31.2 Å². The number of halogens is 2. The fraction of sp³-hybridized carbons (Fsp3) is 0.500. The van der Waals surface area contributed by atoms with Crippen LogP contribution >= 0.6 is 23.2 Å². The van der Waals surface area contributed by atoms with Gasteiger partial charge in [0.2, 0.25) is 0 Å². The molecule has 1 aliphatic heterocycles. The van der Waals surface area contributed by atoms with Gasteiger partial charge in [0.15, 0.2) is 5.79 Å². The Morgan fingerprint density at radius 1 is 1.10 bits per heavy atom. The highest BCUT2D eigenvalue weighted by Crippen LogP contribution is 2.29. The molecule has 2 aromatic rings. The summed E-state index contributed by atoms with van der Waals surface area (Å²) in [4.78, 5) is 0. The van der Waals surface area contributed by atoms with Gasteiger partial charge in [0.25, 0.3) is 0 Å². The molecule has 0 radical (unpaired) electrons. The summed E-state index contributed by atoms with van der Waals surface area (Å²) in [6.07, 6.45) is 2.37. The van der Waals surface area contributed by atoms with Crippen molar-refractivity contribution in [2.45, 2.75) is 64.1 Å². The molecule has 0 aromatic heterocycles. The maximum absolute atomic E-state index is 6.59. The van der Waals surface area contributed by atoms with Crippen LogP contribution in [-0.4, -0.2) is 37.3 Å². The van der Waals surface area contributed by atoms with Crippen LogP contribution in [0.5, 0.6) is 0 Å². The van der Waals surface area contributed by atoms with Gasteiger partial charge in [0.1, 0.15) is 12.2 Å². The fourth-order valence-electron chi connectivity index (χ4n) is 3.69. The maximum atomic E-state index is 6.59. The fourth-order valence-corrected chi connectivity index (χ4v) is 4.22. The second-order valence-electron chi connectivity index (χ2n) is 8.28. The molecule has 6 heteroatoms. The van der Waals surface area contributed by atoms with Crippen molar-refractivity contribution in [1.29, 1.82) is 0 Å². The first-order valence-corrected chi connectivity index (χ1v) is 11.3. The van der Waals surface area contributed by atoms with Crippen molar-refractivity contribution in [2.24, 2.45) is 5.73 Å². The molecule has 1 fully saturated rings. The molecule has 2 aromatic carbocycles. The van der Waals surface area contributed by atoms with Gasteiger partial charge in [-0.3, -0.25) is 0 Å². The molecule has 1 heterocycles. The lowest BCUT2D eigenvalue weighted by Crippen LogP contribution is -2.48. The first-order chi connectivity index (χ1) is 14.3. The summed E-state index contributed by atoms with van der Waals surface area (Å²) in [5, 5.41) is 1.25. The Morgan fingerprint density at radius 2 is 1.77 bits per heavy atom. The summed E-state index contributed by atoms with van der Waals surface area (Å²) in [6, 6.07) is 13.7. The molecule has 3 atom stereocenters. The van der Waals surface area contributed by atoms with Crippen molar-refractivity contribution in [1.82, 2.24) is 0 Å². The van der Waals surface area contributed by atoms with E-state index in [1.165, 1.54) is 0 Å². The summed E-state index contributed by atoms with van der Waals surface area (Å²) in [5.74, 6) is -0.601. The lowest BCUT2D eigenvalue weighted by atomic mass is 9.96. The molecular weight excluding hydrogens is 421 g/mol. The van der Waals surface area contributed by atoms with Crippen molar-refractivity contribution in [3.05, 3.63) is 58.1 Å². The highest BCUT2D eigenvalue weighted by Gasteiger charge is 2.40. The van der Waals surface area contributed by atoms with Gasteiger partial charge >= 0.3 is 0 Å². The van der Waals surface area contributed by atoms with E-state index >= 15 is 0 Å². The molecule has 1 saturated heterocycles. The zero-order valence-corrected chi connectivity index (χ0v) is 19.4. The molecule has 0 bridgehead atoms. The van der Waals surface area contributed by atoms with E-state index in [-0.39, 0.29) is 18.2 Å². The second-order valence-corrected chi connectivity index (χ2v) is 9.15. The van der Waals surface area contributed by atoms with Gasteiger partial charge in [0.05, 0.1) is 6.61 Å². The average Bonchev–Trinajstić information content (AvgIpc) is 3.04. The number of unbranched alkanes of at least 4 members (excludes halogenated alkanes) is 1. The van der Waals surface area contributed by atoms with Crippen LogP contribution in [0.3, 0.4) is 0 Å². The van der Waals surface area contributed by atoms with Crippen LogP contribution in [0.15, 0.2) is 42.5 Å². The molecule has 0 saturated carbocycles. The first-order valence-electron chi connectivity index (χ1n) is 10.5. The minimum atomic E-state index is -0.601. The normalized spacial score (nSPS) is 20.3. The Balaban J connectivity index is 1.69. The molecule has 0 spiro atoms. The van der Waals surface area contributed by atoms with Crippen LogP contribution in [0.25, 0.3) is 11.1 Å². The van der Waals surface area contributed by atoms with Crippen LogP contribution in [0, 0.1) is 0 Å². The summed E-state index contributed by atoms with van der Waals surface area (Å²) in [6.45, 7) is 7.14. The van der Waals surface area contributed by atoms with Gasteiger partial charge in [-0.25, -0.2) is 0 Å². The Kier molecular flexibility index (Phi) is 8.19. The van der Waals surface area contributed by atoms with E-state index in [0.29, 0.717) is 29.7 Å². The molecular formula is C24H31Cl2NO3. The first kappa shape index (κ1) is 23.5. The highest BCUT2D eigenvalue weighted by molar-refractivity contribution is 6.35. The molecule has 4 nitrogen and oxygen atoms in total. The van der Waals surface area contributed by atoms with E-state index in [1.807, 2.05) is 26.0 Å². The van der Waals surface area contributed by atoms with E-state index < -0.39 is 5.79 Å². The van der Waals surface area contributed by atoms with E-state index in [9.17, 15) is 0 Å². The number of benzene rings is 2. The van der Waals surface area contributed by atoms with Crippen molar-refractivity contribution in [2.75, 3.05) is 13.2 Å². The van der Waals surface area contributed by atoms with E-state index in [0.717, 1.165) is 29.5 Å². The summed E-state index contributed by atoms with van der Waals surface area (Å²) >= 11 is 12.3. The topological polar surface area (TPSA) is 53.7 Å². The van der Waals surface area contributed by atoms with Crippen molar-refractivity contribution in [3.63, 3.8) is 0 Å². The van der Waals surface area contributed by atoms with Crippen molar-refractivity contribution < 1.29 is 14.2 Å². The predicted molar refractivity (Wildman–Crippen MR) is 123 cm³/mol. The number of nitrogens with two attached hydrogens (primary N) is 1. The van der Waals surface area contributed by atoms with Crippen LogP contribution in [-0.2, 0) is 20.6 Å². The van der Waals surface area contributed by atoms with Gasteiger partial charge in [0, 0.05) is 22.7 Å². The smallest absolute Gasteiger partial charge is 0.163 e. The summed E-state index contributed by atoms with van der Waals surface area (Å²) in [7, 11) is 0. The number of ether oxygens (including phenoxy) is 3. The lowest BCUT2D eigenvalue weighted by molar-refractivity contribution is -0.158. The Labute approximate surface area is 189 Å². The Hall–Kier alpha value is -1.14. The third-order valence-electron chi connectivity index (χ3n) is 5.25. The van der Waals surface area contributed by atoms with Gasteiger partial charge in [-0.15, -0.1) is 0 Å². The average molecular weight is 452 g/mol. The van der Waals surface area contributed by atoms with E-state index in [4.69, 9.17) is 43.1 Å². The van der Waals surface area contributed by atoms with Crippen LogP contribution < -0.4 is 5.73 Å². The van der Waals surface area contributed by atoms with Crippen molar-refractivity contribution >= 4 is 23.2 Å². The second kappa shape index (κ2) is 10.4.